The van der Waals surface area contributed by atoms with Gasteiger partial charge in [-0.2, -0.15) is 0 Å². The number of carbonyl (C=O) groups is 1. The standard InChI is InChI=1S/C11H13NO2/c1-8(11(13)14-2)10-5-3-9(7-12)4-6-10/h3-6H,1,7,12H2,2H3. The Balaban J connectivity index is 2.87. The molecule has 3 nitrogen and oxygen atoms in total. The third-order valence-electron chi connectivity index (χ3n) is 1.97. The fourth-order valence-corrected chi connectivity index (χ4v) is 1.08. The summed E-state index contributed by atoms with van der Waals surface area (Å²) in [7, 11) is 1.34. The molecule has 0 amide bonds. The van der Waals surface area contributed by atoms with Crippen LogP contribution >= 0.6 is 0 Å². The Bertz CT molecular complexity index is 341. The molecule has 0 radical (unpaired) electrons. The van der Waals surface area contributed by atoms with Crippen molar-refractivity contribution in [2.24, 2.45) is 5.73 Å². The van der Waals surface area contributed by atoms with Crippen LogP contribution in [0.15, 0.2) is 30.8 Å². The molecule has 0 aromatic heterocycles. The number of esters is 1. The summed E-state index contributed by atoms with van der Waals surface area (Å²) in [5, 5.41) is 0. The maximum absolute atomic E-state index is 11.1. The summed E-state index contributed by atoms with van der Waals surface area (Å²) >= 11 is 0. The van der Waals surface area contributed by atoms with Crippen LogP contribution < -0.4 is 5.73 Å². The Labute approximate surface area is 83.2 Å². The van der Waals surface area contributed by atoms with Crippen molar-refractivity contribution in [2.75, 3.05) is 7.11 Å². The first kappa shape index (κ1) is 10.5. The van der Waals surface area contributed by atoms with Gasteiger partial charge >= 0.3 is 5.97 Å². The van der Waals surface area contributed by atoms with Gasteiger partial charge in [-0.05, 0) is 11.1 Å². The first-order valence-corrected chi connectivity index (χ1v) is 4.25. The van der Waals surface area contributed by atoms with Gasteiger partial charge in [0.25, 0.3) is 0 Å². The van der Waals surface area contributed by atoms with Crippen LogP contribution in [0.25, 0.3) is 5.57 Å². The van der Waals surface area contributed by atoms with Gasteiger partial charge in [0, 0.05) is 6.54 Å². The molecule has 0 aliphatic rings. The number of rotatable bonds is 3. The Kier molecular flexibility index (Phi) is 3.42. The smallest absolute Gasteiger partial charge is 0.337 e. The van der Waals surface area contributed by atoms with E-state index in [1.165, 1.54) is 7.11 Å². The van der Waals surface area contributed by atoms with Gasteiger partial charge in [0.1, 0.15) is 0 Å². The summed E-state index contributed by atoms with van der Waals surface area (Å²) in [6.07, 6.45) is 0. The van der Waals surface area contributed by atoms with Crippen molar-refractivity contribution in [3.63, 3.8) is 0 Å². The van der Waals surface area contributed by atoms with E-state index in [-0.39, 0.29) is 0 Å². The van der Waals surface area contributed by atoms with Crippen molar-refractivity contribution in [2.45, 2.75) is 6.54 Å². The molecule has 0 unspecified atom stereocenters. The van der Waals surface area contributed by atoms with Gasteiger partial charge in [-0.15, -0.1) is 0 Å². The van der Waals surface area contributed by atoms with Crippen LogP contribution in [0.3, 0.4) is 0 Å². The summed E-state index contributed by atoms with van der Waals surface area (Å²) in [5.74, 6) is -0.412. The minimum atomic E-state index is -0.412. The van der Waals surface area contributed by atoms with E-state index in [1.54, 1.807) is 12.1 Å². The van der Waals surface area contributed by atoms with E-state index < -0.39 is 5.97 Å². The molecule has 1 rings (SSSR count). The number of methoxy groups -OCH3 is 1. The zero-order chi connectivity index (χ0) is 10.6. The van der Waals surface area contributed by atoms with Crippen LogP contribution in [0.4, 0.5) is 0 Å². The van der Waals surface area contributed by atoms with Gasteiger partial charge in [-0.25, -0.2) is 4.79 Å². The molecule has 74 valence electrons. The molecule has 0 atom stereocenters. The van der Waals surface area contributed by atoms with Gasteiger partial charge in [-0.3, -0.25) is 0 Å². The lowest BCUT2D eigenvalue weighted by molar-refractivity contribution is -0.133. The molecule has 0 heterocycles. The maximum atomic E-state index is 11.1. The quantitative estimate of drug-likeness (QED) is 0.579. The van der Waals surface area contributed by atoms with E-state index in [4.69, 9.17) is 5.73 Å². The minimum absolute atomic E-state index is 0.357. The third-order valence-corrected chi connectivity index (χ3v) is 1.97. The average molecular weight is 191 g/mol. The molecule has 1 aromatic rings. The van der Waals surface area contributed by atoms with Crippen molar-refractivity contribution >= 4 is 11.5 Å². The van der Waals surface area contributed by atoms with Gasteiger partial charge in [0.05, 0.1) is 12.7 Å². The number of benzene rings is 1. The highest BCUT2D eigenvalue weighted by Gasteiger charge is 2.08. The third kappa shape index (κ3) is 2.20. The summed E-state index contributed by atoms with van der Waals surface area (Å²) < 4.78 is 4.56. The van der Waals surface area contributed by atoms with E-state index >= 15 is 0 Å². The molecule has 1 aromatic carbocycles. The van der Waals surface area contributed by atoms with Crippen LogP contribution in [0.5, 0.6) is 0 Å². The average Bonchev–Trinajstić information content (AvgIpc) is 2.27. The number of hydrogen-bond acceptors (Lipinski definition) is 3. The summed E-state index contributed by atoms with van der Waals surface area (Å²) in [5.41, 5.74) is 7.58. The van der Waals surface area contributed by atoms with Crippen molar-refractivity contribution in [1.29, 1.82) is 0 Å². The highest BCUT2D eigenvalue weighted by molar-refractivity contribution is 6.15. The second-order valence-electron chi connectivity index (χ2n) is 2.87. The molecule has 0 aliphatic heterocycles. The predicted molar refractivity (Wildman–Crippen MR) is 55.4 cm³/mol. The number of hydrogen-bond donors (Lipinski definition) is 1. The molecule has 0 aliphatic carbocycles. The first-order chi connectivity index (χ1) is 6.69. The largest absolute Gasteiger partial charge is 0.465 e. The van der Waals surface area contributed by atoms with Crippen molar-refractivity contribution in [3.8, 4) is 0 Å². The first-order valence-electron chi connectivity index (χ1n) is 4.25. The lowest BCUT2D eigenvalue weighted by atomic mass is 10.1. The Hall–Kier alpha value is -1.61. The van der Waals surface area contributed by atoms with Crippen LogP contribution in [-0.4, -0.2) is 13.1 Å². The molecule has 0 fully saturated rings. The zero-order valence-corrected chi connectivity index (χ0v) is 8.12. The Morgan fingerprint density at radius 3 is 2.43 bits per heavy atom. The van der Waals surface area contributed by atoms with E-state index in [1.807, 2.05) is 12.1 Å². The van der Waals surface area contributed by atoms with Crippen LogP contribution in [-0.2, 0) is 16.1 Å². The fraction of sp³-hybridized carbons (Fsp3) is 0.182. The summed E-state index contributed by atoms with van der Waals surface area (Å²) in [4.78, 5) is 11.1. The lowest BCUT2D eigenvalue weighted by Crippen LogP contribution is -2.03. The van der Waals surface area contributed by atoms with E-state index in [0.717, 1.165) is 11.1 Å². The molecular formula is C11H13NO2. The lowest BCUT2D eigenvalue weighted by Gasteiger charge is -2.04. The monoisotopic (exact) mass is 191 g/mol. The SMILES string of the molecule is C=C(C(=O)OC)c1ccc(CN)cc1. The van der Waals surface area contributed by atoms with Crippen molar-refractivity contribution < 1.29 is 9.53 Å². The number of nitrogens with two attached hydrogens (primary N) is 1. The molecule has 0 bridgehead atoms. The topological polar surface area (TPSA) is 52.3 Å². The Morgan fingerprint density at radius 1 is 1.43 bits per heavy atom. The number of carbonyl (C=O) groups excluding carboxylic acids is 1. The Morgan fingerprint density at radius 2 is 2.00 bits per heavy atom. The van der Waals surface area contributed by atoms with Crippen molar-refractivity contribution in [3.05, 3.63) is 42.0 Å². The van der Waals surface area contributed by atoms with E-state index in [0.29, 0.717) is 12.1 Å². The maximum Gasteiger partial charge on any atom is 0.337 e. The second-order valence-corrected chi connectivity index (χ2v) is 2.87. The predicted octanol–water partition coefficient (Wildman–Crippen LogP) is 1.33. The van der Waals surface area contributed by atoms with Gasteiger partial charge in [0.15, 0.2) is 0 Å². The van der Waals surface area contributed by atoms with Gasteiger partial charge in [-0.1, -0.05) is 30.8 Å². The molecule has 0 saturated carbocycles. The fourth-order valence-electron chi connectivity index (χ4n) is 1.08. The van der Waals surface area contributed by atoms with Crippen LogP contribution in [0.2, 0.25) is 0 Å². The van der Waals surface area contributed by atoms with E-state index in [9.17, 15) is 4.79 Å². The molecule has 2 N–H and O–H groups in total. The normalized spacial score (nSPS) is 9.57. The van der Waals surface area contributed by atoms with Crippen LogP contribution in [0, 0.1) is 0 Å². The van der Waals surface area contributed by atoms with Crippen LogP contribution in [0.1, 0.15) is 11.1 Å². The van der Waals surface area contributed by atoms with Crippen molar-refractivity contribution in [1.82, 2.24) is 0 Å². The van der Waals surface area contributed by atoms with Gasteiger partial charge < -0.3 is 10.5 Å². The molecular weight excluding hydrogens is 178 g/mol. The second kappa shape index (κ2) is 4.58. The van der Waals surface area contributed by atoms with E-state index in [2.05, 4.69) is 11.3 Å². The molecule has 3 heteroatoms. The number of ether oxygens (including phenoxy) is 1. The minimum Gasteiger partial charge on any atom is -0.465 e. The highest BCUT2D eigenvalue weighted by Crippen LogP contribution is 2.14. The van der Waals surface area contributed by atoms with Gasteiger partial charge in [0.2, 0.25) is 0 Å². The molecule has 14 heavy (non-hydrogen) atoms. The zero-order valence-electron chi connectivity index (χ0n) is 8.12. The summed E-state index contributed by atoms with van der Waals surface area (Å²) in [6.45, 7) is 4.14. The molecule has 0 saturated heterocycles. The summed E-state index contributed by atoms with van der Waals surface area (Å²) in [6, 6.07) is 7.34. The molecule has 0 spiro atoms. The highest BCUT2D eigenvalue weighted by atomic mass is 16.5.